The van der Waals surface area contributed by atoms with Gasteiger partial charge in [-0.25, -0.2) is 14.4 Å². The van der Waals surface area contributed by atoms with E-state index in [1.165, 1.54) is 4.90 Å². The Morgan fingerprint density at radius 3 is 2.12 bits per heavy atom. The van der Waals surface area contributed by atoms with Gasteiger partial charge in [0.1, 0.15) is 17.7 Å². The number of carbonyl (C=O) groups is 6. The van der Waals surface area contributed by atoms with Crippen molar-refractivity contribution < 1.29 is 48.5 Å². The zero-order valence-electron chi connectivity index (χ0n) is 23.4. The first kappa shape index (κ1) is 34.0. The number of esters is 2. The quantitative estimate of drug-likeness (QED) is 0.205. The van der Waals surface area contributed by atoms with Gasteiger partial charge in [-0.15, -0.1) is 0 Å². The maximum absolute atomic E-state index is 13.1. The van der Waals surface area contributed by atoms with E-state index in [0.717, 1.165) is 0 Å². The number of carboxylic acids is 2. The second-order valence-corrected chi connectivity index (χ2v) is 9.92. The number of amides is 1. The van der Waals surface area contributed by atoms with Crippen molar-refractivity contribution in [2.45, 2.75) is 77.6 Å². The molecule has 3 atom stereocenters. The summed E-state index contributed by atoms with van der Waals surface area (Å²) in [6.07, 6.45) is 2.19. The maximum atomic E-state index is 13.1. The molecule has 0 bridgehead atoms. The lowest BCUT2D eigenvalue weighted by Crippen LogP contribution is -2.54. The molecule has 1 saturated heterocycles. The SMILES string of the molecule is CCOC(=O)[C@H](CC(=O)c1ccccc1)N[C@@H](C)C(=O)N1CCC[C@H]1C(=O)OC(C)(C)C.O=C(O)C=CC(=O)O. The summed E-state index contributed by atoms with van der Waals surface area (Å²) in [7, 11) is 0. The van der Waals surface area contributed by atoms with Crippen molar-refractivity contribution in [1.29, 1.82) is 0 Å². The fourth-order valence-corrected chi connectivity index (χ4v) is 3.79. The molecule has 1 aliphatic heterocycles. The summed E-state index contributed by atoms with van der Waals surface area (Å²) in [5.41, 5.74) is -0.169. The largest absolute Gasteiger partial charge is 0.478 e. The lowest BCUT2D eigenvalue weighted by atomic mass is 10.0. The minimum absolute atomic E-state index is 0.143. The Kier molecular flexibility index (Phi) is 13.7. The van der Waals surface area contributed by atoms with E-state index in [9.17, 15) is 28.8 Å². The standard InChI is InChI=1S/C24H34N2O6.C4H4O4/c1-6-31-22(29)18(15-20(27)17-11-8-7-9-12-17)25-16(2)21(28)26-14-10-13-19(26)23(30)32-24(3,4)5;5-3(6)1-2-4(7)8/h7-9,11-12,16,18-19,25H,6,10,13-15H2,1-5H3;1-2H,(H,5,6)(H,7,8)/t16-,18-,19-;/m0./s1. The zero-order valence-corrected chi connectivity index (χ0v) is 23.4. The van der Waals surface area contributed by atoms with E-state index in [1.807, 2.05) is 0 Å². The molecular formula is C28H38N2O10. The van der Waals surface area contributed by atoms with Crippen LogP contribution >= 0.6 is 0 Å². The van der Waals surface area contributed by atoms with Crippen LogP contribution in [0, 0.1) is 0 Å². The Morgan fingerprint density at radius 1 is 1.05 bits per heavy atom. The van der Waals surface area contributed by atoms with Crippen LogP contribution < -0.4 is 5.32 Å². The predicted octanol–water partition coefficient (Wildman–Crippen LogP) is 2.21. The van der Waals surface area contributed by atoms with Gasteiger partial charge in [-0.2, -0.15) is 0 Å². The third-order valence-electron chi connectivity index (χ3n) is 5.46. The molecule has 2 rings (SSSR count). The summed E-state index contributed by atoms with van der Waals surface area (Å²) in [6.45, 7) is 9.23. The topological polar surface area (TPSA) is 177 Å². The summed E-state index contributed by atoms with van der Waals surface area (Å²) >= 11 is 0. The van der Waals surface area contributed by atoms with Gasteiger partial charge in [-0.3, -0.25) is 19.7 Å². The number of aliphatic carboxylic acids is 2. The summed E-state index contributed by atoms with van der Waals surface area (Å²) in [4.78, 5) is 71.4. The summed E-state index contributed by atoms with van der Waals surface area (Å²) < 4.78 is 10.6. The van der Waals surface area contributed by atoms with Gasteiger partial charge in [-0.1, -0.05) is 30.3 Å². The Labute approximate surface area is 233 Å². The van der Waals surface area contributed by atoms with Crippen LogP contribution in [0.2, 0.25) is 0 Å². The number of nitrogens with zero attached hydrogens (tertiary/aromatic N) is 1. The fourth-order valence-electron chi connectivity index (χ4n) is 3.79. The highest BCUT2D eigenvalue weighted by atomic mass is 16.6. The van der Waals surface area contributed by atoms with E-state index in [1.54, 1.807) is 65.0 Å². The molecule has 0 radical (unpaired) electrons. The van der Waals surface area contributed by atoms with Gasteiger partial charge in [0.15, 0.2) is 5.78 Å². The number of carbonyl (C=O) groups excluding carboxylic acids is 4. The number of Topliss-reactive ketones (excluding diaryl/α,β-unsaturated/α-hetero) is 1. The van der Waals surface area contributed by atoms with Crippen molar-refractivity contribution >= 4 is 35.6 Å². The van der Waals surface area contributed by atoms with Crippen LogP contribution in [0.1, 0.15) is 64.2 Å². The average Bonchev–Trinajstić information content (AvgIpc) is 3.37. The van der Waals surface area contributed by atoms with E-state index < -0.39 is 47.6 Å². The average molecular weight is 563 g/mol. The van der Waals surface area contributed by atoms with Crippen molar-refractivity contribution in [2.75, 3.05) is 13.2 Å². The Bertz CT molecular complexity index is 1060. The van der Waals surface area contributed by atoms with Crippen LogP contribution in [0.3, 0.4) is 0 Å². The summed E-state index contributed by atoms with van der Waals surface area (Å²) in [6, 6.07) is 6.21. The molecule has 40 heavy (non-hydrogen) atoms. The Morgan fingerprint density at radius 2 is 1.62 bits per heavy atom. The highest BCUT2D eigenvalue weighted by Crippen LogP contribution is 2.22. The van der Waals surface area contributed by atoms with Gasteiger partial charge in [0.05, 0.1) is 12.6 Å². The van der Waals surface area contributed by atoms with Crippen LogP contribution in [0.15, 0.2) is 42.5 Å². The van der Waals surface area contributed by atoms with Gasteiger partial charge in [-0.05, 0) is 47.5 Å². The van der Waals surface area contributed by atoms with E-state index in [4.69, 9.17) is 19.7 Å². The number of benzene rings is 1. The molecule has 1 amide bonds. The zero-order chi connectivity index (χ0) is 30.5. The molecule has 0 spiro atoms. The summed E-state index contributed by atoms with van der Waals surface area (Å²) in [5.74, 6) is -4.10. The molecule has 1 aliphatic rings. The normalized spacial score (nSPS) is 16.3. The molecular weight excluding hydrogens is 524 g/mol. The van der Waals surface area contributed by atoms with Gasteiger partial charge in [0, 0.05) is 30.7 Å². The number of carboxylic acid groups (broad SMARTS) is 2. The van der Waals surface area contributed by atoms with E-state index in [-0.39, 0.29) is 24.7 Å². The third kappa shape index (κ3) is 12.2. The van der Waals surface area contributed by atoms with E-state index in [2.05, 4.69) is 5.32 Å². The Balaban J connectivity index is 0.000000869. The number of hydrogen-bond donors (Lipinski definition) is 3. The molecule has 1 aromatic rings. The molecule has 12 heteroatoms. The number of ketones is 1. The van der Waals surface area contributed by atoms with Crippen LogP contribution in [0.5, 0.6) is 0 Å². The number of rotatable bonds is 11. The van der Waals surface area contributed by atoms with Gasteiger partial charge in [0.25, 0.3) is 0 Å². The lowest BCUT2D eigenvalue weighted by Gasteiger charge is -2.30. The second kappa shape index (κ2) is 16.1. The monoisotopic (exact) mass is 562 g/mol. The molecule has 1 fully saturated rings. The fraction of sp³-hybridized carbons (Fsp3) is 0.500. The van der Waals surface area contributed by atoms with Crippen LogP contribution in [-0.4, -0.2) is 87.6 Å². The van der Waals surface area contributed by atoms with Crippen LogP contribution in [0.25, 0.3) is 0 Å². The van der Waals surface area contributed by atoms with Crippen molar-refractivity contribution in [3.63, 3.8) is 0 Å². The highest BCUT2D eigenvalue weighted by Gasteiger charge is 2.39. The molecule has 220 valence electrons. The maximum Gasteiger partial charge on any atom is 0.329 e. The third-order valence-corrected chi connectivity index (χ3v) is 5.46. The first-order valence-electron chi connectivity index (χ1n) is 12.8. The molecule has 0 aliphatic carbocycles. The van der Waals surface area contributed by atoms with Crippen molar-refractivity contribution in [1.82, 2.24) is 10.2 Å². The van der Waals surface area contributed by atoms with Crippen LogP contribution in [-0.2, 0) is 33.4 Å². The minimum Gasteiger partial charge on any atom is -0.478 e. The van der Waals surface area contributed by atoms with Crippen molar-refractivity contribution in [3.8, 4) is 0 Å². The number of likely N-dealkylation sites (tertiary alicyclic amines) is 1. The number of ether oxygens (including phenoxy) is 2. The van der Waals surface area contributed by atoms with Crippen molar-refractivity contribution in [3.05, 3.63) is 48.0 Å². The molecule has 0 unspecified atom stereocenters. The summed E-state index contributed by atoms with van der Waals surface area (Å²) in [5, 5.41) is 18.6. The molecule has 3 N–H and O–H groups in total. The van der Waals surface area contributed by atoms with Gasteiger partial charge >= 0.3 is 23.9 Å². The molecule has 1 heterocycles. The minimum atomic E-state index is -1.26. The molecule has 0 saturated carbocycles. The first-order chi connectivity index (χ1) is 18.7. The number of hydrogen-bond acceptors (Lipinski definition) is 9. The van der Waals surface area contributed by atoms with Gasteiger partial charge < -0.3 is 24.6 Å². The highest BCUT2D eigenvalue weighted by molar-refractivity contribution is 5.99. The number of nitrogens with one attached hydrogen (secondary N) is 1. The predicted molar refractivity (Wildman–Crippen MR) is 143 cm³/mol. The second-order valence-electron chi connectivity index (χ2n) is 9.92. The van der Waals surface area contributed by atoms with Crippen molar-refractivity contribution in [2.24, 2.45) is 0 Å². The lowest BCUT2D eigenvalue weighted by molar-refractivity contribution is -0.163. The van der Waals surface area contributed by atoms with E-state index in [0.29, 0.717) is 37.1 Å². The van der Waals surface area contributed by atoms with Crippen LogP contribution in [0.4, 0.5) is 0 Å². The van der Waals surface area contributed by atoms with E-state index >= 15 is 0 Å². The molecule has 12 nitrogen and oxygen atoms in total. The molecule has 1 aromatic carbocycles. The Hall–Kier alpha value is -4.06. The smallest absolute Gasteiger partial charge is 0.329 e. The first-order valence-corrected chi connectivity index (χ1v) is 12.8. The van der Waals surface area contributed by atoms with Gasteiger partial charge in [0.2, 0.25) is 5.91 Å². The molecule has 0 aromatic heterocycles.